The Hall–Kier alpha value is -2.07. The lowest BCUT2D eigenvalue weighted by molar-refractivity contribution is 1.29. The maximum atomic E-state index is 8.13. The van der Waals surface area contributed by atoms with Crippen molar-refractivity contribution in [1.29, 1.82) is 0 Å². The van der Waals surface area contributed by atoms with Crippen LogP contribution in [0.4, 0.5) is 5.82 Å². The van der Waals surface area contributed by atoms with Crippen molar-refractivity contribution in [2.24, 2.45) is 10.1 Å². The lowest BCUT2D eigenvalue weighted by atomic mass is 10.5. The highest BCUT2D eigenvalue weighted by atomic mass is 15.2. The molecule has 1 aromatic heterocycles. The van der Waals surface area contributed by atoms with E-state index >= 15 is 0 Å². The van der Waals surface area contributed by atoms with Gasteiger partial charge in [0.1, 0.15) is 11.5 Å². The monoisotopic (exact) mass is 162 g/mol. The number of nitrogens with one attached hydrogen (secondary N) is 1. The van der Waals surface area contributed by atoms with Crippen LogP contribution in [0.1, 0.15) is 5.69 Å². The molecule has 0 unspecified atom stereocenters. The van der Waals surface area contributed by atoms with E-state index in [2.05, 4.69) is 31.6 Å². The summed E-state index contributed by atoms with van der Waals surface area (Å²) in [5, 5.41) is 3.36. The molecule has 0 radical (unpaired) electrons. The van der Waals surface area contributed by atoms with Crippen molar-refractivity contribution in [1.82, 2.24) is 9.97 Å². The van der Waals surface area contributed by atoms with Crippen molar-refractivity contribution < 1.29 is 0 Å². The van der Waals surface area contributed by atoms with Crippen LogP contribution >= 0.6 is 0 Å². The Kier molecular flexibility index (Phi) is 2.64. The zero-order valence-electron chi connectivity index (χ0n) is 6.18. The van der Waals surface area contributed by atoms with Gasteiger partial charge in [0.05, 0.1) is 12.5 Å². The average Bonchev–Trinajstić information content (AvgIpc) is 2.50. The zero-order valence-corrected chi connectivity index (χ0v) is 6.18. The SMILES string of the molecule is C=CN=Cc1nc[nH]c1N=[N+]=[N-]. The Morgan fingerprint density at radius 2 is 2.58 bits per heavy atom. The van der Waals surface area contributed by atoms with Gasteiger partial charge < -0.3 is 4.98 Å². The molecule has 0 aliphatic heterocycles. The van der Waals surface area contributed by atoms with Gasteiger partial charge in [-0.1, -0.05) is 6.58 Å². The Balaban J connectivity index is 2.98. The first-order valence-electron chi connectivity index (χ1n) is 3.11. The third kappa shape index (κ3) is 1.71. The van der Waals surface area contributed by atoms with Crippen LogP contribution in [-0.4, -0.2) is 16.2 Å². The van der Waals surface area contributed by atoms with Crippen LogP contribution in [0.5, 0.6) is 0 Å². The molecule has 1 aromatic rings. The summed E-state index contributed by atoms with van der Waals surface area (Å²) >= 11 is 0. The molecule has 0 aromatic carbocycles. The summed E-state index contributed by atoms with van der Waals surface area (Å²) in [6.45, 7) is 3.40. The largest absolute Gasteiger partial charge is 0.343 e. The zero-order chi connectivity index (χ0) is 8.81. The van der Waals surface area contributed by atoms with Crippen LogP contribution in [0.15, 0.2) is 29.2 Å². The van der Waals surface area contributed by atoms with Gasteiger partial charge in [-0.15, -0.1) is 0 Å². The predicted molar refractivity (Wildman–Crippen MR) is 45.2 cm³/mol. The van der Waals surface area contributed by atoms with Gasteiger partial charge in [-0.25, -0.2) is 4.98 Å². The summed E-state index contributed by atoms with van der Waals surface area (Å²) in [5.74, 6) is 0.350. The van der Waals surface area contributed by atoms with Crippen molar-refractivity contribution >= 4 is 12.0 Å². The van der Waals surface area contributed by atoms with Gasteiger partial charge in [-0.2, -0.15) is 0 Å². The van der Waals surface area contributed by atoms with E-state index in [0.717, 1.165) is 0 Å². The van der Waals surface area contributed by atoms with Gasteiger partial charge >= 0.3 is 0 Å². The quantitative estimate of drug-likeness (QED) is 0.312. The lowest BCUT2D eigenvalue weighted by Gasteiger charge is -1.83. The van der Waals surface area contributed by atoms with E-state index in [1.807, 2.05) is 0 Å². The van der Waals surface area contributed by atoms with E-state index in [9.17, 15) is 0 Å². The summed E-state index contributed by atoms with van der Waals surface area (Å²) in [6, 6.07) is 0. The number of rotatable bonds is 3. The van der Waals surface area contributed by atoms with Crippen molar-refractivity contribution in [2.75, 3.05) is 0 Å². The first-order chi connectivity index (χ1) is 5.88. The molecule has 0 aliphatic rings. The van der Waals surface area contributed by atoms with Crippen LogP contribution < -0.4 is 0 Å². The van der Waals surface area contributed by atoms with Crippen LogP contribution in [0, 0.1) is 0 Å². The third-order valence-electron chi connectivity index (χ3n) is 1.09. The van der Waals surface area contributed by atoms with E-state index in [1.165, 1.54) is 18.7 Å². The van der Waals surface area contributed by atoms with Crippen LogP contribution in [0.25, 0.3) is 10.4 Å². The number of aromatic amines is 1. The smallest absolute Gasteiger partial charge is 0.131 e. The Morgan fingerprint density at radius 3 is 3.25 bits per heavy atom. The molecule has 0 amide bonds. The van der Waals surface area contributed by atoms with Crippen molar-refractivity contribution in [3.8, 4) is 0 Å². The number of hydrogen-bond acceptors (Lipinski definition) is 3. The topological polar surface area (TPSA) is 89.8 Å². The van der Waals surface area contributed by atoms with Crippen LogP contribution in [-0.2, 0) is 0 Å². The van der Waals surface area contributed by atoms with Crippen LogP contribution in [0.2, 0.25) is 0 Å². The summed E-state index contributed by atoms with van der Waals surface area (Å²) in [4.78, 5) is 12.9. The van der Waals surface area contributed by atoms with E-state index in [1.54, 1.807) is 0 Å². The van der Waals surface area contributed by atoms with Gasteiger partial charge in [0.15, 0.2) is 0 Å². The minimum Gasteiger partial charge on any atom is -0.343 e. The number of nitrogens with zero attached hydrogens (tertiary/aromatic N) is 5. The third-order valence-corrected chi connectivity index (χ3v) is 1.09. The second-order valence-electron chi connectivity index (χ2n) is 1.79. The second kappa shape index (κ2) is 3.95. The molecule has 0 atom stereocenters. The maximum absolute atomic E-state index is 8.13. The lowest BCUT2D eigenvalue weighted by Crippen LogP contribution is -1.78. The molecular formula is C6H6N6. The minimum absolute atomic E-state index is 0.350. The van der Waals surface area contributed by atoms with Gasteiger partial charge in [0, 0.05) is 11.1 Å². The highest BCUT2D eigenvalue weighted by Gasteiger charge is 1.97. The molecule has 0 fully saturated rings. The molecule has 0 saturated carbocycles. The molecule has 6 heteroatoms. The second-order valence-corrected chi connectivity index (χ2v) is 1.79. The molecule has 0 spiro atoms. The van der Waals surface area contributed by atoms with Gasteiger partial charge in [0.25, 0.3) is 0 Å². The average molecular weight is 162 g/mol. The Morgan fingerprint density at radius 1 is 1.75 bits per heavy atom. The standard InChI is InChI=1S/C6H6N6/c1-2-8-3-5-6(11-12-7)10-4-9-5/h2-4H,1H2,(H,9,10). The number of hydrogen-bond donors (Lipinski definition) is 1. The van der Waals surface area contributed by atoms with Crippen molar-refractivity contribution in [2.45, 2.75) is 0 Å². The fourth-order valence-corrected chi connectivity index (χ4v) is 0.641. The number of azide groups is 1. The first-order valence-corrected chi connectivity index (χ1v) is 3.11. The summed E-state index contributed by atoms with van der Waals surface area (Å²) in [6.07, 6.45) is 4.25. The van der Waals surface area contributed by atoms with Gasteiger partial charge in [-0.05, 0) is 10.6 Å². The molecule has 0 saturated heterocycles. The van der Waals surface area contributed by atoms with Gasteiger partial charge in [-0.3, -0.25) is 4.99 Å². The summed E-state index contributed by atoms with van der Waals surface area (Å²) in [7, 11) is 0. The van der Waals surface area contributed by atoms with E-state index in [4.69, 9.17) is 5.53 Å². The molecule has 12 heavy (non-hydrogen) atoms. The number of imidazole rings is 1. The molecule has 6 nitrogen and oxygen atoms in total. The van der Waals surface area contributed by atoms with E-state index < -0.39 is 0 Å². The number of aromatic nitrogens is 2. The summed E-state index contributed by atoms with van der Waals surface area (Å²) < 4.78 is 0. The molecule has 1 heterocycles. The molecule has 0 aliphatic carbocycles. The molecule has 1 N–H and O–H groups in total. The highest BCUT2D eigenvalue weighted by molar-refractivity contribution is 5.82. The van der Waals surface area contributed by atoms with Crippen LogP contribution in [0.3, 0.4) is 0 Å². The molecular weight excluding hydrogens is 156 g/mol. The highest BCUT2D eigenvalue weighted by Crippen LogP contribution is 2.10. The number of H-pyrrole nitrogens is 1. The van der Waals surface area contributed by atoms with E-state index in [0.29, 0.717) is 11.5 Å². The van der Waals surface area contributed by atoms with Crippen molar-refractivity contribution in [3.63, 3.8) is 0 Å². The summed E-state index contributed by atoms with van der Waals surface area (Å²) in [5.41, 5.74) is 8.63. The predicted octanol–water partition coefficient (Wildman–Crippen LogP) is 1.91. The molecule has 0 bridgehead atoms. The fourth-order valence-electron chi connectivity index (χ4n) is 0.641. The molecule has 1 rings (SSSR count). The maximum Gasteiger partial charge on any atom is 0.131 e. The fraction of sp³-hybridized carbons (Fsp3) is 0. The minimum atomic E-state index is 0.350. The Bertz CT molecular complexity index is 343. The molecule has 60 valence electrons. The van der Waals surface area contributed by atoms with E-state index in [-0.39, 0.29) is 0 Å². The normalized spacial score (nSPS) is 9.67. The number of aliphatic imine (C=N–C) groups is 1. The van der Waals surface area contributed by atoms with Gasteiger partial charge in [0.2, 0.25) is 0 Å². The van der Waals surface area contributed by atoms with Crippen molar-refractivity contribution in [3.05, 3.63) is 35.2 Å². The Labute approximate surface area is 68.3 Å². The first kappa shape index (κ1) is 8.03.